The summed E-state index contributed by atoms with van der Waals surface area (Å²) in [5, 5.41) is 3.27. The van der Waals surface area contributed by atoms with Gasteiger partial charge in [-0.05, 0) is 23.6 Å². The molecule has 0 aliphatic rings. The molecule has 2 aromatic carbocycles. The summed E-state index contributed by atoms with van der Waals surface area (Å²) in [6.07, 6.45) is 0. The Morgan fingerprint density at radius 1 is 0.905 bits per heavy atom. The van der Waals surface area contributed by atoms with Gasteiger partial charge in [0, 0.05) is 5.69 Å². The van der Waals surface area contributed by atoms with E-state index in [1.54, 1.807) is 4.68 Å². The summed E-state index contributed by atoms with van der Waals surface area (Å²) >= 11 is 0. The highest BCUT2D eigenvalue weighted by molar-refractivity contribution is 5.66. The molecule has 0 saturated heterocycles. The van der Waals surface area contributed by atoms with E-state index in [2.05, 4.69) is 18.9 Å². The van der Waals surface area contributed by atoms with Crippen LogP contribution in [0.25, 0.3) is 16.8 Å². The van der Waals surface area contributed by atoms with Crippen molar-refractivity contribution in [3.05, 3.63) is 76.7 Å². The van der Waals surface area contributed by atoms with Crippen molar-refractivity contribution in [1.29, 1.82) is 0 Å². The first-order valence-corrected chi connectivity index (χ1v) is 7.14. The third kappa shape index (κ3) is 2.42. The SMILES string of the molecule is CC(C)c1[nH]n(-c2ccccc2)c(=O)c1-c1ccccc1. The van der Waals surface area contributed by atoms with Gasteiger partial charge in [0.1, 0.15) is 0 Å². The van der Waals surface area contributed by atoms with Crippen molar-refractivity contribution in [3.63, 3.8) is 0 Å². The molecule has 1 heterocycles. The first kappa shape index (κ1) is 13.4. The lowest BCUT2D eigenvalue weighted by Crippen LogP contribution is -2.15. The molecule has 0 aliphatic carbocycles. The van der Waals surface area contributed by atoms with Crippen molar-refractivity contribution in [2.75, 3.05) is 0 Å². The van der Waals surface area contributed by atoms with Gasteiger partial charge in [0.15, 0.2) is 0 Å². The number of hydrogen-bond donors (Lipinski definition) is 1. The molecule has 21 heavy (non-hydrogen) atoms. The fraction of sp³-hybridized carbons (Fsp3) is 0.167. The molecular weight excluding hydrogens is 260 g/mol. The Morgan fingerprint density at radius 2 is 1.48 bits per heavy atom. The highest BCUT2D eigenvalue weighted by Gasteiger charge is 2.18. The van der Waals surface area contributed by atoms with E-state index in [1.807, 2.05) is 60.7 Å². The van der Waals surface area contributed by atoms with Gasteiger partial charge in [-0.25, -0.2) is 4.68 Å². The standard InChI is InChI=1S/C18H18N2O/c1-13(2)17-16(14-9-5-3-6-10-14)18(21)20(19-17)15-11-7-4-8-12-15/h3-13,19H,1-2H3. The van der Waals surface area contributed by atoms with Crippen LogP contribution >= 0.6 is 0 Å². The molecule has 0 aliphatic heterocycles. The van der Waals surface area contributed by atoms with Gasteiger partial charge in [0.2, 0.25) is 0 Å². The topological polar surface area (TPSA) is 37.8 Å². The number of H-pyrrole nitrogens is 1. The van der Waals surface area contributed by atoms with E-state index in [1.165, 1.54) is 0 Å². The summed E-state index contributed by atoms with van der Waals surface area (Å²) in [6, 6.07) is 19.5. The van der Waals surface area contributed by atoms with Crippen molar-refractivity contribution in [2.45, 2.75) is 19.8 Å². The first-order chi connectivity index (χ1) is 10.2. The fourth-order valence-electron chi connectivity index (χ4n) is 2.51. The van der Waals surface area contributed by atoms with Crippen molar-refractivity contribution < 1.29 is 0 Å². The number of aromatic nitrogens is 2. The van der Waals surface area contributed by atoms with E-state index in [0.29, 0.717) is 0 Å². The third-order valence-electron chi connectivity index (χ3n) is 3.57. The lowest BCUT2D eigenvalue weighted by Gasteiger charge is -2.05. The molecule has 1 N–H and O–H groups in total. The maximum atomic E-state index is 12.8. The van der Waals surface area contributed by atoms with Gasteiger partial charge < -0.3 is 0 Å². The molecule has 3 heteroatoms. The van der Waals surface area contributed by atoms with E-state index < -0.39 is 0 Å². The van der Waals surface area contributed by atoms with E-state index in [4.69, 9.17) is 0 Å². The largest absolute Gasteiger partial charge is 0.294 e. The van der Waals surface area contributed by atoms with Crippen molar-refractivity contribution in [1.82, 2.24) is 9.78 Å². The van der Waals surface area contributed by atoms with Gasteiger partial charge in [0.05, 0.1) is 11.3 Å². The molecule has 3 rings (SSSR count). The minimum absolute atomic E-state index is 0.00361. The molecule has 1 aromatic heterocycles. The molecule has 0 saturated carbocycles. The Bertz CT molecular complexity index is 783. The van der Waals surface area contributed by atoms with E-state index in [9.17, 15) is 4.79 Å². The number of benzene rings is 2. The Kier molecular flexibility index (Phi) is 3.48. The zero-order valence-corrected chi connectivity index (χ0v) is 12.2. The van der Waals surface area contributed by atoms with E-state index in [-0.39, 0.29) is 11.5 Å². The highest BCUT2D eigenvalue weighted by atomic mass is 16.1. The minimum atomic E-state index is -0.00361. The molecule has 0 bridgehead atoms. The summed E-state index contributed by atoms with van der Waals surface area (Å²) in [6.45, 7) is 4.18. The molecule has 0 spiro atoms. The predicted molar refractivity (Wildman–Crippen MR) is 85.9 cm³/mol. The monoisotopic (exact) mass is 278 g/mol. The molecule has 106 valence electrons. The minimum Gasteiger partial charge on any atom is -0.294 e. The lowest BCUT2D eigenvalue weighted by atomic mass is 10.00. The van der Waals surface area contributed by atoms with Crippen LogP contribution in [0.3, 0.4) is 0 Å². The number of rotatable bonds is 3. The predicted octanol–water partition coefficient (Wildman–Crippen LogP) is 3.96. The van der Waals surface area contributed by atoms with Crippen molar-refractivity contribution in [2.24, 2.45) is 0 Å². The van der Waals surface area contributed by atoms with Crippen LogP contribution in [0.4, 0.5) is 0 Å². The summed E-state index contributed by atoms with van der Waals surface area (Å²) < 4.78 is 1.62. The van der Waals surface area contributed by atoms with Crippen LogP contribution in [0.5, 0.6) is 0 Å². The number of para-hydroxylation sites is 1. The summed E-state index contributed by atoms with van der Waals surface area (Å²) in [4.78, 5) is 12.8. The average molecular weight is 278 g/mol. The number of aromatic amines is 1. The van der Waals surface area contributed by atoms with Crippen LogP contribution < -0.4 is 5.56 Å². The second-order valence-electron chi connectivity index (χ2n) is 5.40. The number of hydrogen-bond acceptors (Lipinski definition) is 1. The Morgan fingerprint density at radius 3 is 2.05 bits per heavy atom. The molecular formula is C18H18N2O. The normalized spacial score (nSPS) is 11.0. The molecule has 0 fully saturated rings. The summed E-state index contributed by atoms with van der Waals surface area (Å²) in [5.41, 5.74) is 3.53. The molecule has 0 atom stereocenters. The van der Waals surface area contributed by atoms with Gasteiger partial charge >= 0.3 is 0 Å². The first-order valence-electron chi connectivity index (χ1n) is 7.14. The van der Waals surface area contributed by atoms with Crippen LogP contribution in [-0.4, -0.2) is 9.78 Å². The quantitative estimate of drug-likeness (QED) is 0.773. The second-order valence-corrected chi connectivity index (χ2v) is 5.40. The molecule has 3 nitrogen and oxygen atoms in total. The average Bonchev–Trinajstić information content (AvgIpc) is 2.87. The van der Waals surface area contributed by atoms with Crippen molar-refractivity contribution in [3.8, 4) is 16.8 Å². The summed E-state index contributed by atoms with van der Waals surface area (Å²) in [7, 11) is 0. The Labute approximate surface area is 123 Å². The maximum Gasteiger partial charge on any atom is 0.279 e. The molecule has 0 amide bonds. The zero-order chi connectivity index (χ0) is 14.8. The Balaban J connectivity index is 2.25. The van der Waals surface area contributed by atoms with Crippen LogP contribution in [-0.2, 0) is 0 Å². The van der Waals surface area contributed by atoms with Gasteiger partial charge in [-0.15, -0.1) is 0 Å². The number of nitrogens with one attached hydrogen (secondary N) is 1. The highest BCUT2D eigenvalue weighted by Crippen LogP contribution is 2.25. The van der Waals surface area contributed by atoms with Crippen LogP contribution in [0.2, 0.25) is 0 Å². The Hall–Kier alpha value is -2.55. The van der Waals surface area contributed by atoms with Gasteiger partial charge in [-0.1, -0.05) is 62.4 Å². The lowest BCUT2D eigenvalue weighted by molar-refractivity contribution is 0.761. The summed E-state index contributed by atoms with van der Waals surface area (Å²) in [5.74, 6) is 0.248. The second kappa shape index (κ2) is 5.44. The third-order valence-corrected chi connectivity index (χ3v) is 3.57. The van der Waals surface area contributed by atoms with E-state index >= 15 is 0 Å². The molecule has 3 aromatic rings. The van der Waals surface area contributed by atoms with E-state index in [0.717, 1.165) is 22.5 Å². The van der Waals surface area contributed by atoms with Crippen LogP contribution in [0.1, 0.15) is 25.5 Å². The van der Waals surface area contributed by atoms with Gasteiger partial charge in [-0.2, -0.15) is 0 Å². The molecule has 0 unspecified atom stereocenters. The van der Waals surface area contributed by atoms with Crippen LogP contribution in [0, 0.1) is 0 Å². The zero-order valence-electron chi connectivity index (χ0n) is 12.2. The van der Waals surface area contributed by atoms with Gasteiger partial charge in [-0.3, -0.25) is 9.89 Å². The van der Waals surface area contributed by atoms with Crippen LogP contribution in [0.15, 0.2) is 65.5 Å². The van der Waals surface area contributed by atoms with Crippen molar-refractivity contribution >= 4 is 0 Å². The number of nitrogens with zero attached hydrogens (tertiary/aromatic N) is 1. The molecule has 0 radical (unpaired) electrons. The smallest absolute Gasteiger partial charge is 0.279 e. The maximum absolute atomic E-state index is 12.8. The fourth-order valence-corrected chi connectivity index (χ4v) is 2.51. The van der Waals surface area contributed by atoms with Gasteiger partial charge in [0.25, 0.3) is 5.56 Å².